The molecule has 3 heterocycles. The standard InChI is InChI=1S/C52H66N2S2/c1-3-5-7-9-11-13-15-17-19-23-29-41-37-47(55-39-41)45-35-36-46(48-38-42(40-56-48)30-24-20-18-16-14-12-10-8-6-4-2)52-51(45)53-49(43-31-25-21-26-32-43)50(54-52)44-33-27-22-28-34-44/h21-22,25-28,31-40H,3-20,23-24,29-30H2,1-2H3. The van der Waals surface area contributed by atoms with Crippen LogP contribution in [0.2, 0.25) is 0 Å². The van der Waals surface area contributed by atoms with Crippen molar-refractivity contribution in [3.63, 3.8) is 0 Å². The first kappa shape index (κ1) is 42.0. The Kier molecular flexibility index (Phi) is 17.7. The molecule has 0 unspecified atom stereocenters. The van der Waals surface area contributed by atoms with Gasteiger partial charge in [-0.2, -0.15) is 0 Å². The van der Waals surface area contributed by atoms with E-state index in [2.05, 4.69) is 110 Å². The van der Waals surface area contributed by atoms with E-state index in [1.165, 1.54) is 160 Å². The molecule has 296 valence electrons. The van der Waals surface area contributed by atoms with Gasteiger partial charge in [0.1, 0.15) is 0 Å². The zero-order valence-corrected chi connectivity index (χ0v) is 36.1. The van der Waals surface area contributed by atoms with E-state index in [9.17, 15) is 0 Å². The number of thiophene rings is 2. The third kappa shape index (κ3) is 12.4. The van der Waals surface area contributed by atoms with Gasteiger partial charge in [0.2, 0.25) is 0 Å². The van der Waals surface area contributed by atoms with Crippen LogP contribution in [0.15, 0.2) is 95.7 Å². The highest BCUT2D eigenvalue weighted by Gasteiger charge is 2.20. The zero-order chi connectivity index (χ0) is 38.6. The Morgan fingerprint density at radius 1 is 0.393 bits per heavy atom. The maximum atomic E-state index is 5.58. The molecule has 2 nitrogen and oxygen atoms in total. The predicted octanol–water partition coefficient (Wildman–Crippen LogP) is 17.3. The number of nitrogens with zero attached hydrogens (tertiary/aromatic N) is 2. The Balaban J connectivity index is 1.21. The van der Waals surface area contributed by atoms with Crippen LogP contribution in [0.3, 0.4) is 0 Å². The van der Waals surface area contributed by atoms with E-state index in [1.807, 2.05) is 22.7 Å². The van der Waals surface area contributed by atoms with Crippen LogP contribution < -0.4 is 0 Å². The van der Waals surface area contributed by atoms with E-state index in [4.69, 9.17) is 9.97 Å². The summed E-state index contributed by atoms with van der Waals surface area (Å²) in [7, 11) is 0. The van der Waals surface area contributed by atoms with Crippen molar-refractivity contribution < 1.29 is 0 Å². The molecule has 56 heavy (non-hydrogen) atoms. The minimum absolute atomic E-state index is 0.942. The van der Waals surface area contributed by atoms with Crippen LogP contribution in [0.4, 0.5) is 0 Å². The van der Waals surface area contributed by atoms with E-state index in [-0.39, 0.29) is 0 Å². The van der Waals surface area contributed by atoms with E-state index in [0.29, 0.717) is 0 Å². The van der Waals surface area contributed by atoms with Gasteiger partial charge in [0.15, 0.2) is 0 Å². The van der Waals surface area contributed by atoms with Crippen molar-refractivity contribution in [1.82, 2.24) is 9.97 Å². The van der Waals surface area contributed by atoms with Crippen molar-refractivity contribution in [3.8, 4) is 43.4 Å². The summed E-state index contributed by atoms with van der Waals surface area (Å²) >= 11 is 3.72. The number of fused-ring (bicyclic) bond motifs is 1. The number of aromatic nitrogens is 2. The van der Waals surface area contributed by atoms with Gasteiger partial charge in [0, 0.05) is 32.0 Å². The normalized spacial score (nSPS) is 11.5. The summed E-state index contributed by atoms with van der Waals surface area (Å²) in [6.07, 6.45) is 29.7. The molecule has 0 aliphatic carbocycles. The van der Waals surface area contributed by atoms with Crippen molar-refractivity contribution in [1.29, 1.82) is 0 Å². The topological polar surface area (TPSA) is 25.8 Å². The fourth-order valence-electron chi connectivity index (χ4n) is 8.06. The van der Waals surface area contributed by atoms with Crippen molar-refractivity contribution in [3.05, 3.63) is 107 Å². The second kappa shape index (κ2) is 23.6. The van der Waals surface area contributed by atoms with Gasteiger partial charge in [-0.3, -0.25) is 0 Å². The van der Waals surface area contributed by atoms with Crippen molar-refractivity contribution in [2.24, 2.45) is 0 Å². The monoisotopic (exact) mass is 782 g/mol. The molecule has 0 aliphatic rings. The van der Waals surface area contributed by atoms with Gasteiger partial charge in [-0.1, -0.05) is 202 Å². The van der Waals surface area contributed by atoms with Gasteiger partial charge in [0.25, 0.3) is 0 Å². The summed E-state index contributed by atoms with van der Waals surface area (Å²) in [6, 6.07) is 30.7. The summed E-state index contributed by atoms with van der Waals surface area (Å²) in [5.41, 5.74) is 11.4. The second-order valence-corrected chi connectivity index (χ2v) is 17.8. The molecule has 6 rings (SSSR count). The molecule has 0 saturated carbocycles. The maximum absolute atomic E-state index is 5.58. The first-order valence-corrected chi connectivity index (χ1v) is 24.1. The number of benzene rings is 3. The van der Waals surface area contributed by atoms with E-state index in [1.54, 1.807) is 0 Å². The van der Waals surface area contributed by atoms with Crippen LogP contribution in [0, 0.1) is 0 Å². The van der Waals surface area contributed by atoms with Gasteiger partial charge in [-0.15, -0.1) is 22.7 Å². The lowest BCUT2D eigenvalue weighted by molar-refractivity contribution is 0.556. The van der Waals surface area contributed by atoms with Crippen molar-refractivity contribution in [2.75, 3.05) is 0 Å². The molecule has 0 bridgehead atoms. The smallest absolute Gasteiger partial charge is 0.0988 e. The average molecular weight is 783 g/mol. The van der Waals surface area contributed by atoms with Crippen LogP contribution in [-0.4, -0.2) is 9.97 Å². The summed E-state index contributed by atoms with van der Waals surface area (Å²) in [5.74, 6) is 0. The highest BCUT2D eigenvalue weighted by molar-refractivity contribution is 7.14. The number of hydrogen-bond donors (Lipinski definition) is 0. The number of aryl methyl sites for hydroxylation is 2. The third-order valence-corrected chi connectivity index (χ3v) is 13.4. The Morgan fingerprint density at radius 2 is 0.732 bits per heavy atom. The Labute approximate surface area is 347 Å². The molecule has 0 fully saturated rings. The molecule has 0 amide bonds. The molecule has 0 spiro atoms. The second-order valence-electron chi connectivity index (χ2n) is 16.0. The third-order valence-electron chi connectivity index (χ3n) is 11.4. The van der Waals surface area contributed by atoms with E-state index < -0.39 is 0 Å². The van der Waals surface area contributed by atoms with Gasteiger partial charge in [-0.25, -0.2) is 9.97 Å². The fourth-order valence-corrected chi connectivity index (χ4v) is 10.0. The number of hydrogen-bond acceptors (Lipinski definition) is 4. The Hall–Kier alpha value is -3.60. The molecule has 0 atom stereocenters. The predicted molar refractivity (Wildman–Crippen MR) is 248 cm³/mol. The van der Waals surface area contributed by atoms with E-state index in [0.717, 1.165) is 46.4 Å². The zero-order valence-electron chi connectivity index (χ0n) is 34.5. The maximum Gasteiger partial charge on any atom is 0.0988 e. The fraction of sp³-hybridized carbons (Fsp3) is 0.462. The summed E-state index contributed by atoms with van der Waals surface area (Å²) < 4.78 is 0. The average Bonchev–Trinajstić information content (AvgIpc) is 3.92. The van der Waals surface area contributed by atoms with Crippen LogP contribution in [-0.2, 0) is 12.8 Å². The SMILES string of the molecule is CCCCCCCCCCCCc1csc(-c2ccc(-c3cc(CCCCCCCCCCCC)cs3)c3nc(-c4ccccc4)c(-c4ccccc4)nc23)c1. The van der Waals surface area contributed by atoms with Crippen LogP contribution in [0.5, 0.6) is 0 Å². The van der Waals surface area contributed by atoms with Gasteiger partial charge in [0.05, 0.1) is 22.4 Å². The minimum atomic E-state index is 0.942. The molecule has 0 N–H and O–H groups in total. The van der Waals surface area contributed by atoms with Crippen molar-refractivity contribution >= 4 is 33.7 Å². The summed E-state index contributed by atoms with van der Waals surface area (Å²) in [4.78, 5) is 13.7. The lowest BCUT2D eigenvalue weighted by atomic mass is 9.99. The van der Waals surface area contributed by atoms with Gasteiger partial charge in [-0.05, 0) is 59.7 Å². The molecule has 6 aromatic rings. The Bertz CT molecular complexity index is 1850. The number of rotatable bonds is 26. The first-order chi connectivity index (χ1) is 27.7. The lowest BCUT2D eigenvalue weighted by Crippen LogP contribution is -1.98. The molecule has 0 aliphatic heterocycles. The quantitative estimate of drug-likeness (QED) is 0.0512. The minimum Gasteiger partial charge on any atom is -0.243 e. The first-order valence-electron chi connectivity index (χ1n) is 22.4. The lowest BCUT2D eigenvalue weighted by Gasteiger charge is -2.15. The molecule has 0 saturated heterocycles. The van der Waals surface area contributed by atoms with Crippen LogP contribution in [0.1, 0.15) is 153 Å². The van der Waals surface area contributed by atoms with E-state index >= 15 is 0 Å². The Morgan fingerprint density at radius 3 is 1.09 bits per heavy atom. The highest BCUT2D eigenvalue weighted by Crippen LogP contribution is 2.41. The largest absolute Gasteiger partial charge is 0.243 e. The molecular formula is C52H66N2S2. The van der Waals surface area contributed by atoms with Crippen molar-refractivity contribution in [2.45, 2.75) is 155 Å². The molecule has 0 radical (unpaired) electrons. The summed E-state index contributed by atoms with van der Waals surface area (Å²) in [6.45, 7) is 4.60. The van der Waals surface area contributed by atoms with Gasteiger partial charge < -0.3 is 0 Å². The molecule has 3 aromatic carbocycles. The molecule has 4 heteroatoms. The highest BCUT2D eigenvalue weighted by atomic mass is 32.1. The van der Waals surface area contributed by atoms with Crippen LogP contribution >= 0.6 is 22.7 Å². The molecular weight excluding hydrogens is 717 g/mol. The number of unbranched alkanes of at least 4 members (excludes halogenated alkanes) is 18. The molecule has 3 aromatic heterocycles. The van der Waals surface area contributed by atoms with Crippen LogP contribution in [0.25, 0.3) is 54.4 Å². The summed E-state index contributed by atoms with van der Waals surface area (Å²) in [5, 5.41) is 4.76. The van der Waals surface area contributed by atoms with Gasteiger partial charge >= 0.3 is 0 Å².